The smallest absolute Gasteiger partial charge is 0.0522 e. The Morgan fingerprint density at radius 2 is 2.00 bits per heavy atom. The molecule has 0 aromatic carbocycles. The predicted molar refractivity (Wildman–Crippen MR) is 98.5 cm³/mol. The number of fused-ring (bicyclic) bond motifs is 4. The number of aliphatic hydroxyl groups is 1. The average Bonchev–Trinajstić information content (AvgIpc) is 3.35. The van der Waals surface area contributed by atoms with E-state index in [0.717, 1.165) is 25.8 Å². The van der Waals surface area contributed by atoms with Gasteiger partial charge in [-0.3, -0.25) is 10.2 Å². The van der Waals surface area contributed by atoms with Crippen molar-refractivity contribution in [2.45, 2.75) is 44.9 Å². The number of aromatic amines is 2. The van der Waals surface area contributed by atoms with Crippen LogP contribution in [0.3, 0.4) is 0 Å². The van der Waals surface area contributed by atoms with Crippen LogP contribution in [0, 0.1) is 29.1 Å². The van der Waals surface area contributed by atoms with Crippen LogP contribution in [-0.2, 0) is 19.3 Å². The van der Waals surface area contributed by atoms with E-state index in [-0.39, 0.29) is 17.9 Å². The number of hydrogen-bond acceptors (Lipinski definition) is 4. The second-order valence-corrected chi connectivity index (χ2v) is 9.01. The topological polar surface area (TPSA) is 104 Å². The molecular formula is C20H29N5O. The van der Waals surface area contributed by atoms with E-state index in [0.29, 0.717) is 23.7 Å². The molecule has 2 aromatic heterocycles. The minimum atomic E-state index is 0.0786. The fourth-order valence-electron chi connectivity index (χ4n) is 6.66. The second kappa shape index (κ2) is 5.92. The number of aromatic nitrogens is 4. The molecule has 0 aliphatic heterocycles. The number of nitrogens with two attached hydrogens (primary N) is 1. The summed E-state index contributed by atoms with van der Waals surface area (Å²) in [6, 6.07) is 0. The minimum absolute atomic E-state index is 0.0786. The first-order valence-electron chi connectivity index (χ1n) is 10.00. The zero-order chi connectivity index (χ0) is 17.9. The summed E-state index contributed by atoms with van der Waals surface area (Å²) in [6.45, 7) is 3.36. The van der Waals surface area contributed by atoms with Gasteiger partial charge in [0.15, 0.2) is 0 Å². The van der Waals surface area contributed by atoms with Crippen molar-refractivity contribution in [2.75, 3.05) is 13.2 Å². The van der Waals surface area contributed by atoms with E-state index in [2.05, 4.69) is 27.3 Å². The zero-order valence-electron chi connectivity index (χ0n) is 15.4. The van der Waals surface area contributed by atoms with Gasteiger partial charge >= 0.3 is 0 Å². The van der Waals surface area contributed by atoms with Gasteiger partial charge in [-0.1, -0.05) is 6.92 Å². The quantitative estimate of drug-likeness (QED) is 0.674. The third-order valence-corrected chi connectivity index (χ3v) is 8.05. The molecule has 6 nitrogen and oxygen atoms in total. The summed E-state index contributed by atoms with van der Waals surface area (Å²) in [5, 5.41) is 25.1. The van der Waals surface area contributed by atoms with Crippen LogP contribution in [0.4, 0.5) is 0 Å². The Balaban J connectivity index is 1.48. The van der Waals surface area contributed by atoms with Gasteiger partial charge in [-0.2, -0.15) is 10.2 Å². The Morgan fingerprint density at radius 3 is 2.81 bits per heavy atom. The molecule has 2 heterocycles. The molecule has 3 aliphatic carbocycles. The fraction of sp³-hybridized carbons (Fsp3) is 0.700. The van der Waals surface area contributed by atoms with Crippen molar-refractivity contribution in [3.63, 3.8) is 0 Å². The lowest BCUT2D eigenvalue weighted by Gasteiger charge is -2.53. The highest BCUT2D eigenvalue weighted by Gasteiger charge is 2.53. The number of rotatable bonds is 3. The van der Waals surface area contributed by atoms with Crippen LogP contribution >= 0.6 is 0 Å². The standard InChI is InChI=1S/C20H29N5O/c1-20(6-12-9-22-24-18(12)5-13(20)10-26)17-3-2-14-15(16(17)7-21)4-11-8-23-25-19(11)14/h8-9,13-17,26H,2-7,10,21H2,1H3,(H,22,24)(H,23,25)/t13?,14?,15?,16?,17?,20-/m0/s1. The van der Waals surface area contributed by atoms with Crippen LogP contribution in [0.25, 0.3) is 0 Å². The van der Waals surface area contributed by atoms with Crippen LogP contribution in [0.1, 0.15) is 48.2 Å². The van der Waals surface area contributed by atoms with E-state index in [4.69, 9.17) is 5.73 Å². The molecule has 5 unspecified atom stereocenters. The monoisotopic (exact) mass is 355 g/mol. The normalized spacial score (nSPS) is 38.7. The van der Waals surface area contributed by atoms with Crippen molar-refractivity contribution in [3.05, 3.63) is 34.9 Å². The molecule has 6 heteroatoms. The molecule has 0 radical (unpaired) electrons. The van der Waals surface area contributed by atoms with Gasteiger partial charge in [-0.05, 0) is 78.9 Å². The molecular weight excluding hydrogens is 326 g/mol. The van der Waals surface area contributed by atoms with E-state index in [1.807, 2.05) is 12.4 Å². The number of nitrogens with zero attached hydrogens (tertiary/aromatic N) is 2. The summed E-state index contributed by atoms with van der Waals surface area (Å²) in [6.07, 6.45) is 9.37. The maximum Gasteiger partial charge on any atom is 0.0522 e. The summed E-state index contributed by atoms with van der Waals surface area (Å²) in [5.41, 5.74) is 11.7. The van der Waals surface area contributed by atoms with E-state index >= 15 is 0 Å². The molecule has 5 rings (SSSR count). The number of hydrogen-bond donors (Lipinski definition) is 4. The van der Waals surface area contributed by atoms with Gasteiger partial charge < -0.3 is 10.8 Å². The van der Waals surface area contributed by atoms with Gasteiger partial charge in [0.2, 0.25) is 0 Å². The molecule has 26 heavy (non-hydrogen) atoms. The molecule has 0 bridgehead atoms. The largest absolute Gasteiger partial charge is 0.396 e. The second-order valence-electron chi connectivity index (χ2n) is 9.01. The Labute approximate surface area is 154 Å². The van der Waals surface area contributed by atoms with Crippen LogP contribution in [0.2, 0.25) is 0 Å². The molecule has 0 amide bonds. The Hall–Kier alpha value is -1.66. The Morgan fingerprint density at radius 1 is 1.19 bits per heavy atom. The summed E-state index contributed by atoms with van der Waals surface area (Å²) in [7, 11) is 0. The predicted octanol–water partition coefficient (Wildman–Crippen LogP) is 1.79. The van der Waals surface area contributed by atoms with Crippen molar-refractivity contribution in [1.82, 2.24) is 20.4 Å². The van der Waals surface area contributed by atoms with Gasteiger partial charge in [0.25, 0.3) is 0 Å². The summed E-state index contributed by atoms with van der Waals surface area (Å²) < 4.78 is 0. The molecule has 0 spiro atoms. The van der Waals surface area contributed by atoms with Crippen LogP contribution in [-0.4, -0.2) is 38.7 Å². The zero-order valence-corrected chi connectivity index (χ0v) is 15.4. The molecule has 6 atom stereocenters. The van der Waals surface area contributed by atoms with Crippen molar-refractivity contribution in [3.8, 4) is 0 Å². The Kier molecular flexibility index (Phi) is 3.76. The maximum atomic E-state index is 10.2. The van der Waals surface area contributed by atoms with Crippen molar-refractivity contribution < 1.29 is 5.11 Å². The van der Waals surface area contributed by atoms with Gasteiger partial charge in [-0.15, -0.1) is 0 Å². The molecule has 1 fully saturated rings. The summed E-state index contributed by atoms with van der Waals surface area (Å²) >= 11 is 0. The average molecular weight is 355 g/mol. The van der Waals surface area contributed by atoms with Crippen molar-refractivity contribution >= 4 is 0 Å². The highest BCUT2D eigenvalue weighted by molar-refractivity contribution is 5.31. The highest BCUT2D eigenvalue weighted by Crippen LogP contribution is 2.58. The molecule has 2 aromatic rings. The molecule has 1 saturated carbocycles. The van der Waals surface area contributed by atoms with Gasteiger partial charge in [0, 0.05) is 23.9 Å². The molecule has 5 N–H and O–H groups in total. The first kappa shape index (κ1) is 16.5. The van der Waals surface area contributed by atoms with Crippen molar-refractivity contribution in [2.24, 2.45) is 34.8 Å². The minimum Gasteiger partial charge on any atom is -0.396 e. The fourth-order valence-corrected chi connectivity index (χ4v) is 6.66. The Bertz CT molecular complexity index is 798. The van der Waals surface area contributed by atoms with Gasteiger partial charge in [0.05, 0.1) is 12.4 Å². The van der Waals surface area contributed by atoms with E-state index in [1.165, 1.54) is 35.4 Å². The first-order valence-corrected chi connectivity index (χ1v) is 10.00. The summed E-state index contributed by atoms with van der Waals surface area (Å²) in [4.78, 5) is 0. The van der Waals surface area contributed by atoms with Crippen molar-refractivity contribution in [1.29, 1.82) is 0 Å². The third-order valence-electron chi connectivity index (χ3n) is 8.05. The lowest BCUT2D eigenvalue weighted by molar-refractivity contribution is -0.0309. The number of aliphatic hydroxyl groups excluding tert-OH is 1. The first-order chi connectivity index (χ1) is 12.7. The lowest BCUT2D eigenvalue weighted by atomic mass is 9.52. The highest BCUT2D eigenvalue weighted by atomic mass is 16.3. The van der Waals surface area contributed by atoms with Crippen LogP contribution in [0.15, 0.2) is 12.4 Å². The third kappa shape index (κ3) is 2.18. The van der Waals surface area contributed by atoms with Crippen LogP contribution < -0.4 is 5.73 Å². The van der Waals surface area contributed by atoms with E-state index < -0.39 is 0 Å². The maximum absolute atomic E-state index is 10.2. The van der Waals surface area contributed by atoms with Gasteiger partial charge in [-0.25, -0.2) is 0 Å². The van der Waals surface area contributed by atoms with Gasteiger partial charge in [0.1, 0.15) is 0 Å². The SMILES string of the molecule is C[C@]1(C2CCC3c4[nH]ncc4CC3C2CN)Cc2cn[nH]c2CC1CO. The van der Waals surface area contributed by atoms with E-state index in [9.17, 15) is 5.11 Å². The number of H-pyrrole nitrogens is 2. The van der Waals surface area contributed by atoms with E-state index in [1.54, 1.807) is 0 Å². The molecule has 140 valence electrons. The number of nitrogens with one attached hydrogen (secondary N) is 2. The molecule has 3 aliphatic rings. The molecule has 0 saturated heterocycles. The van der Waals surface area contributed by atoms with Crippen LogP contribution in [0.5, 0.6) is 0 Å². The summed E-state index contributed by atoms with van der Waals surface area (Å²) in [5.74, 6) is 2.52. The lowest BCUT2D eigenvalue weighted by Crippen LogP contribution is -2.51.